The van der Waals surface area contributed by atoms with Gasteiger partial charge in [0, 0.05) is 10.7 Å². The molecule has 1 N–H and O–H groups in total. The second kappa shape index (κ2) is 10.2. The summed E-state index contributed by atoms with van der Waals surface area (Å²) in [7, 11) is 0. The Morgan fingerprint density at radius 2 is 1.81 bits per heavy atom. The van der Waals surface area contributed by atoms with Crippen LogP contribution in [0.4, 0.5) is 5.69 Å². The summed E-state index contributed by atoms with van der Waals surface area (Å²) in [4.78, 5) is 28.5. The average molecular weight is 375 g/mol. The minimum Gasteiger partial charge on any atom is -0.462 e. The van der Waals surface area contributed by atoms with Crippen LogP contribution >= 0.6 is 11.6 Å². The number of ether oxygens (including phenoxy) is 1. The van der Waals surface area contributed by atoms with Gasteiger partial charge in [-0.15, -0.1) is 0 Å². The zero-order valence-electron chi connectivity index (χ0n) is 14.3. The smallest absolute Gasteiger partial charge is 0.338 e. The van der Waals surface area contributed by atoms with Crippen molar-refractivity contribution >= 4 is 35.4 Å². The van der Waals surface area contributed by atoms with Crippen molar-refractivity contribution < 1.29 is 19.2 Å². The quantitative estimate of drug-likeness (QED) is 0.432. The molecule has 0 unspecified atom stereocenters. The van der Waals surface area contributed by atoms with Crippen LogP contribution in [0.5, 0.6) is 0 Å². The second-order valence-corrected chi connectivity index (χ2v) is 5.76. The molecule has 0 bridgehead atoms. The first kappa shape index (κ1) is 19.5. The van der Waals surface area contributed by atoms with Crippen LogP contribution in [0.1, 0.15) is 29.3 Å². The van der Waals surface area contributed by atoms with E-state index in [1.54, 1.807) is 48.5 Å². The summed E-state index contributed by atoms with van der Waals surface area (Å²) in [5.41, 5.74) is 1.79. The zero-order valence-corrected chi connectivity index (χ0v) is 15.0. The number of oxime groups is 1. The summed E-state index contributed by atoms with van der Waals surface area (Å²) in [6, 6.07) is 13.5. The molecule has 0 saturated carbocycles. The van der Waals surface area contributed by atoms with Gasteiger partial charge in [0.2, 0.25) is 0 Å². The summed E-state index contributed by atoms with van der Waals surface area (Å²) >= 11 is 5.79. The number of hydrogen-bond donors (Lipinski definition) is 1. The van der Waals surface area contributed by atoms with Crippen LogP contribution in [-0.2, 0) is 14.4 Å². The highest BCUT2D eigenvalue weighted by molar-refractivity contribution is 6.30. The number of halogens is 1. The van der Waals surface area contributed by atoms with Crippen molar-refractivity contribution in [2.75, 3.05) is 18.5 Å². The van der Waals surface area contributed by atoms with Crippen molar-refractivity contribution in [2.24, 2.45) is 5.16 Å². The van der Waals surface area contributed by atoms with Crippen LogP contribution < -0.4 is 5.32 Å². The molecule has 0 heterocycles. The standard InChI is InChI=1S/C19H19ClN2O4/c1-2-11-25-19(24)15-5-9-17(10-6-15)22-18(23)13-26-21-12-14-3-7-16(20)8-4-14/h3-10,12H,2,11,13H2,1H3,(H,22,23)/b21-12-. The van der Waals surface area contributed by atoms with E-state index in [2.05, 4.69) is 10.5 Å². The predicted molar refractivity (Wildman–Crippen MR) is 101 cm³/mol. The molecule has 26 heavy (non-hydrogen) atoms. The van der Waals surface area contributed by atoms with Crippen LogP contribution in [0.3, 0.4) is 0 Å². The van der Waals surface area contributed by atoms with E-state index in [0.717, 1.165) is 12.0 Å². The van der Waals surface area contributed by atoms with Gasteiger partial charge in [-0.3, -0.25) is 4.79 Å². The van der Waals surface area contributed by atoms with Gasteiger partial charge < -0.3 is 14.9 Å². The van der Waals surface area contributed by atoms with E-state index in [9.17, 15) is 9.59 Å². The van der Waals surface area contributed by atoms with E-state index in [-0.39, 0.29) is 18.5 Å². The molecule has 7 heteroatoms. The topological polar surface area (TPSA) is 77.0 Å². The van der Waals surface area contributed by atoms with E-state index in [4.69, 9.17) is 21.2 Å². The van der Waals surface area contributed by atoms with Gasteiger partial charge in [0.15, 0.2) is 6.61 Å². The highest BCUT2D eigenvalue weighted by Gasteiger charge is 2.07. The van der Waals surface area contributed by atoms with Gasteiger partial charge in [-0.05, 0) is 48.4 Å². The summed E-state index contributed by atoms with van der Waals surface area (Å²) in [6.45, 7) is 2.07. The molecule has 0 aliphatic heterocycles. The Hall–Kier alpha value is -2.86. The molecular weight excluding hydrogens is 356 g/mol. The van der Waals surface area contributed by atoms with Crippen LogP contribution in [0.2, 0.25) is 5.02 Å². The number of nitrogens with zero attached hydrogens (tertiary/aromatic N) is 1. The number of anilines is 1. The number of hydrogen-bond acceptors (Lipinski definition) is 5. The molecule has 0 atom stereocenters. The van der Waals surface area contributed by atoms with Gasteiger partial charge in [0.25, 0.3) is 5.91 Å². The second-order valence-electron chi connectivity index (χ2n) is 5.32. The maximum absolute atomic E-state index is 11.8. The fourth-order valence-corrected chi connectivity index (χ4v) is 2.03. The van der Waals surface area contributed by atoms with Gasteiger partial charge in [-0.2, -0.15) is 0 Å². The van der Waals surface area contributed by atoms with Crippen molar-refractivity contribution in [2.45, 2.75) is 13.3 Å². The summed E-state index contributed by atoms with van der Waals surface area (Å²) < 4.78 is 5.04. The van der Waals surface area contributed by atoms with E-state index < -0.39 is 0 Å². The third-order valence-electron chi connectivity index (χ3n) is 3.18. The number of nitrogens with one attached hydrogen (secondary N) is 1. The fourth-order valence-electron chi connectivity index (χ4n) is 1.91. The van der Waals surface area contributed by atoms with Crippen molar-refractivity contribution in [3.8, 4) is 0 Å². The lowest BCUT2D eigenvalue weighted by Crippen LogP contribution is -2.17. The predicted octanol–water partition coefficient (Wildman–Crippen LogP) is 3.90. The fraction of sp³-hybridized carbons (Fsp3) is 0.211. The Kier molecular flexibility index (Phi) is 7.64. The molecular formula is C19H19ClN2O4. The van der Waals surface area contributed by atoms with E-state index in [1.807, 2.05) is 6.92 Å². The molecule has 0 fully saturated rings. The molecule has 136 valence electrons. The third kappa shape index (κ3) is 6.57. The lowest BCUT2D eigenvalue weighted by Gasteiger charge is -2.06. The summed E-state index contributed by atoms with van der Waals surface area (Å²) in [6.07, 6.45) is 2.25. The number of carbonyl (C=O) groups is 2. The van der Waals surface area contributed by atoms with Crippen molar-refractivity contribution in [3.05, 3.63) is 64.7 Å². The maximum atomic E-state index is 11.8. The number of carbonyl (C=O) groups excluding carboxylic acids is 2. The first-order valence-corrected chi connectivity index (χ1v) is 8.44. The van der Waals surface area contributed by atoms with E-state index in [1.165, 1.54) is 6.21 Å². The van der Waals surface area contributed by atoms with Crippen LogP contribution in [0.15, 0.2) is 53.7 Å². The molecule has 2 aromatic carbocycles. The first-order chi connectivity index (χ1) is 12.6. The Balaban J connectivity index is 1.76. The highest BCUT2D eigenvalue weighted by Crippen LogP contribution is 2.11. The van der Waals surface area contributed by atoms with Crippen molar-refractivity contribution in [1.82, 2.24) is 0 Å². The lowest BCUT2D eigenvalue weighted by molar-refractivity contribution is -0.120. The van der Waals surface area contributed by atoms with Gasteiger partial charge >= 0.3 is 5.97 Å². The Morgan fingerprint density at radius 1 is 1.12 bits per heavy atom. The van der Waals surface area contributed by atoms with Gasteiger partial charge in [0.05, 0.1) is 18.4 Å². The minimum absolute atomic E-state index is 0.232. The Labute approximate surface area is 156 Å². The molecule has 0 spiro atoms. The molecule has 0 aliphatic carbocycles. The minimum atomic E-state index is -0.385. The number of benzene rings is 2. The normalized spacial score (nSPS) is 10.5. The van der Waals surface area contributed by atoms with Crippen LogP contribution in [0, 0.1) is 0 Å². The molecule has 6 nitrogen and oxygen atoms in total. The molecule has 0 aliphatic rings. The SMILES string of the molecule is CCCOC(=O)c1ccc(NC(=O)CO/N=C\c2ccc(Cl)cc2)cc1. The van der Waals surface area contributed by atoms with Crippen molar-refractivity contribution in [1.29, 1.82) is 0 Å². The molecule has 0 saturated heterocycles. The largest absolute Gasteiger partial charge is 0.462 e. The number of rotatable bonds is 8. The van der Waals surface area contributed by atoms with Crippen LogP contribution in [-0.4, -0.2) is 31.3 Å². The molecule has 0 aromatic heterocycles. The van der Waals surface area contributed by atoms with E-state index in [0.29, 0.717) is 22.9 Å². The first-order valence-electron chi connectivity index (χ1n) is 8.06. The average Bonchev–Trinajstić information content (AvgIpc) is 2.65. The van der Waals surface area contributed by atoms with Crippen molar-refractivity contribution in [3.63, 3.8) is 0 Å². The Morgan fingerprint density at radius 3 is 2.46 bits per heavy atom. The Bertz CT molecular complexity index is 758. The molecule has 2 aromatic rings. The molecule has 0 radical (unpaired) electrons. The van der Waals surface area contributed by atoms with Gasteiger partial charge in [-0.1, -0.05) is 35.8 Å². The van der Waals surface area contributed by atoms with Crippen LogP contribution in [0.25, 0.3) is 0 Å². The monoisotopic (exact) mass is 374 g/mol. The molecule has 1 amide bonds. The zero-order chi connectivity index (χ0) is 18.8. The summed E-state index contributed by atoms with van der Waals surface area (Å²) in [5.74, 6) is -0.746. The summed E-state index contributed by atoms with van der Waals surface area (Å²) in [5, 5.41) is 7.01. The number of amides is 1. The maximum Gasteiger partial charge on any atom is 0.338 e. The highest BCUT2D eigenvalue weighted by atomic mass is 35.5. The number of esters is 1. The third-order valence-corrected chi connectivity index (χ3v) is 3.44. The van der Waals surface area contributed by atoms with Gasteiger partial charge in [0.1, 0.15) is 0 Å². The molecule has 2 rings (SSSR count). The van der Waals surface area contributed by atoms with Gasteiger partial charge in [-0.25, -0.2) is 4.79 Å². The lowest BCUT2D eigenvalue weighted by atomic mass is 10.2. The van der Waals surface area contributed by atoms with E-state index >= 15 is 0 Å².